The molecule has 1 aromatic carbocycles. The van der Waals surface area contributed by atoms with Gasteiger partial charge < -0.3 is 11.1 Å². The van der Waals surface area contributed by atoms with Gasteiger partial charge in [0.25, 0.3) is 0 Å². The summed E-state index contributed by atoms with van der Waals surface area (Å²) in [5, 5.41) is 3.51. The largest absolute Gasteiger partial charge is 0.393 e. The molecule has 1 unspecified atom stereocenters. The molecular formula is C10H10Cl2N2OS. The van der Waals surface area contributed by atoms with Gasteiger partial charge in [-0.1, -0.05) is 35.4 Å². The third-order valence-electron chi connectivity index (χ3n) is 2.01. The quantitative estimate of drug-likeness (QED) is 0.835. The van der Waals surface area contributed by atoms with Crippen molar-refractivity contribution < 1.29 is 4.79 Å². The molecule has 1 rings (SSSR count). The lowest BCUT2D eigenvalue weighted by atomic mass is 10.1. The lowest BCUT2D eigenvalue weighted by Gasteiger charge is -2.11. The average molecular weight is 277 g/mol. The van der Waals surface area contributed by atoms with Crippen molar-refractivity contribution in [1.29, 1.82) is 0 Å². The van der Waals surface area contributed by atoms with E-state index in [1.54, 1.807) is 25.1 Å². The number of hydrogen-bond acceptors (Lipinski definition) is 2. The maximum Gasteiger partial charge on any atom is 0.234 e. The Balaban J connectivity index is 2.84. The molecule has 0 saturated carbocycles. The van der Waals surface area contributed by atoms with Crippen molar-refractivity contribution in [3.63, 3.8) is 0 Å². The van der Waals surface area contributed by atoms with Crippen molar-refractivity contribution >= 4 is 52.0 Å². The van der Waals surface area contributed by atoms with E-state index >= 15 is 0 Å². The molecule has 0 spiro atoms. The standard InChI is InChI=1S/C10H10Cl2N2OS/c1-5(9(13)16)10(15)14-8-4-6(11)2-3-7(8)12/h2-5H,1H3,(H2,13,16)(H,14,15). The SMILES string of the molecule is CC(C(=O)Nc1cc(Cl)ccc1Cl)C(N)=S. The highest BCUT2D eigenvalue weighted by molar-refractivity contribution is 7.80. The van der Waals surface area contributed by atoms with Gasteiger partial charge in [-0.25, -0.2) is 0 Å². The molecule has 86 valence electrons. The summed E-state index contributed by atoms with van der Waals surface area (Å²) in [5.74, 6) is -0.860. The highest BCUT2D eigenvalue weighted by Gasteiger charge is 2.16. The van der Waals surface area contributed by atoms with E-state index in [4.69, 9.17) is 41.2 Å². The van der Waals surface area contributed by atoms with Crippen LogP contribution in [0, 0.1) is 5.92 Å². The molecule has 0 bridgehead atoms. The number of rotatable bonds is 3. The summed E-state index contributed by atoms with van der Waals surface area (Å²) in [7, 11) is 0. The van der Waals surface area contributed by atoms with Gasteiger partial charge in [-0.3, -0.25) is 4.79 Å². The van der Waals surface area contributed by atoms with E-state index in [9.17, 15) is 4.79 Å². The second-order valence-electron chi connectivity index (χ2n) is 3.24. The minimum Gasteiger partial charge on any atom is -0.393 e. The Labute approximate surface area is 109 Å². The number of amides is 1. The van der Waals surface area contributed by atoms with Crippen LogP contribution in [0.25, 0.3) is 0 Å². The molecule has 0 radical (unpaired) electrons. The third-order valence-corrected chi connectivity index (χ3v) is 2.92. The molecule has 1 atom stereocenters. The summed E-state index contributed by atoms with van der Waals surface area (Å²) in [6.45, 7) is 1.62. The minimum atomic E-state index is -0.551. The second kappa shape index (κ2) is 5.48. The van der Waals surface area contributed by atoms with Gasteiger partial charge in [0.1, 0.15) is 0 Å². The first-order valence-corrected chi connectivity index (χ1v) is 5.63. The van der Waals surface area contributed by atoms with Crippen LogP contribution < -0.4 is 11.1 Å². The molecule has 6 heteroatoms. The van der Waals surface area contributed by atoms with E-state index in [-0.39, 0.29) is 10.9 Å². The van der Waals surface area contributed by atoms with E-state index in [2.05, 4.69) is 5.32 Å². The molecule has 3 N–H and O–H groups in total. The van der Waals surface area contributed by atoms with Crippen molar-refractivity contribution in [2.45, 2.75) is 6.92 Å². The highest BCUT2D eigenvalue weighted by atomic mass is 35.5. The number of carbonyl (C=O) groups excluding carboxylic acids is 1. The van der Waals surface area contributed by atoms with Crippen LogP contribution in [-0.2, 0) is 4.79 Å². The van der Waals surface area contributed by atoms with Gasteiger partial charge in [0.15, 0.2) is 0 Å². The van der Waals surface area contributed by atoms with Gasteiger partial charge in [-0.05, 0) is 25.1 Å². The number of carbonyl (C=O) groups is 1. The van der Waals surface area contributed by atoms with Gasteiger partial charge in [0.2, 0.25) is 5.91 Å². The summed E-state index contributed by atoms with van der Waals surface area (Å²) >= 11 is 16.4. The molecule has 1 aromatic rings. The Morgan fingerprint density at radius 2 is 2.12 bits per heavy atom. The highest BCUT2D eigenvalue weighted by Crippen LogP contribution is 2.25. The molecule has 1 amide bonds. The summed E-state index contributed by atoms with van der Waals surface area (Å²) in [6.07, 6.45) is 0. The summed E-state index contributed by atoms with van der Waals surface area (Å²) in [4.78, 5) is 11.8. The molecule has 0 aliphatic rings. The maximum absolute atomic E-state index is 11.6. The normalized spacial score (nSPS) is 11.9. The fourth-order valence-electron chi connectivity index (χ4n) is 0.963. The smallest absolute Gasteiger partial charge is 0.234 e. The predicted octanol–water partition coefficient (Wildman–Crippen LogP) is 2.85. The molecule has 0 aliphatic heterocycles. The van der Waals surface area contributed by atoms with E-state index in [1.807, 2.05) is 0 Å². The summed E-state index contributed by atoms with van der Waals surface area (Å²) < 4.78 is 0. The number of halogens is 2. The number of thiocarbonyl (C=S) groups is 1. The summed E-state index contributed by atoms with van der Waals surface area (Å²) in [5.41, 5.74) is 5.82. The van der Waals surface area contributed by atoms with Crippen LogP contribution in [0.3, 0.4) is 0 Å². The average Bonchev–Trinajstić information content (AvgIpc) is 2.22. The van der Waals surface area contributed by atoms with Crippen molar-refractivity contribution in [2.24, 2.45) is 11.7 Å². The number of benzene rings is 1. The number of hydrogen-bond donors (Lipinski definition) is 2. The monoisotopic (exact) mass is 276 g/mol. The molecule has 0 fully saturated rings. The van der Waals surface area contributed by atoms with Gasteiger partial charge in [0.05, 0.1) is 21.6 Å². The Kier molecular flexibility index (Phi) is 4.53. The Morgan fingerprint density at radius 1 is 1.50 bits per heavy atom. The second-order valence-corrected chi connectivity index (χ2v) is 4.55. The van der Waals surface area contributed by atoms with Gasteiger partial charge in [0, 0.05) is 5.02 Å². The topological polar surface area (TPSA) is 55.1 Å². The fraction of sp³-hybridized carbons (Fsp3) is 0.200. The van der Waals surface area contributed by atoms with Crippen LogP contribution in [-0.4, -0.2) is 10.9 Å². The zero-order valence-electron chi connectivity index (χ0n) is 8.46. The van der Waals surface area contributed by atoms with Crippen LogP contribution >= 0.6 is 35.4 Å². The number of nitrogens with one attached hydrogen (secondary N) is 1. The van der Waals surface area contributed by atoms with Crippen molar-refractivity contribution in [2.75, 3.05) is 5.32 Å². The first kappa shape index (κ1) is 13.2. The minimum absolute atomic E-state index is 0.135. The van der Waals surface area contributed by atoms with Crippen LogP contribution in [0.5, 0.6) is 0 Å². The molecule has 3 nitrogen and oxygen atoms in total. The lowest BCUT2D eigenvalue weighted by Crippen LogP contribution is -2.30. The number of anilines is 1. The van der Waals surface area contributed by atoms with Crippen LogP contribution in [0.15, 0.2) is 18.2 Å². The molecular weight excluding hydrogens is 267 g/mol. The molecule has 0 aromatic heterocycles. The van der Waals surface area contributed by atoms with Crippen LogP contribution in [0.4, 0.5) is 5.69 Å². The van der Waals surface area contributed by atoms with E-state index in [1.165, 1.54) is 0 Å². The van der Waals surface area contributed by atoms with Crippen LogP contribution in [0.1, 0.15) is 6.92 Å². The van der Waals surface area contributed by atoms with E-state index < -0.39 is 5.92 Å². The van der Waals surface area contributed by atoms with Crippen molar-refractivity contribution in [3.8, 4) is 0 Å². The Hall–Kier alpha value is -0.840. The zero-order valence-corrected chi connectivity index (χ0v) is 10.8. The first-order chi connectivity index (χ1) is 7.41. The van der Waals surface area contributed by atoms with Gasteiger partial charge in [-0.15, -0.1) is 0 Å². The number of nitrogens with two attached hydrogens (primary N) is 1. The third kappa shape index (κ3) is 3.33. The molecule has 0 saturated heterocycles. The Morgan fingerprint density at radius 3 is 2.69 bits per heavy atom. The van der Waals surface area contributed by atoms with E-state index in [0.29, 0.717) is 15.7 Å². The van der Waals surface area contributed by atoms with Crippen molar-refractivity contribution in [3.05, 3.63) is 28.2 Å². The molecule has 16 heavy (non-hydrogen) atoms. The van der Waals surface area contributed by atoms with E-state index in [0.717, 1.165) is 0 Å². The summed E-state index contributed by atoms with van der Waals surface area (Å²) in [6, 6.07) is 4.80. The predicted molar refractivity (Wildman–Crippen MR) is 71.0 cm³/mol. The first-order valence-electron chi connectivity index (χ1n) is 4.47. The molecule has 0 aliphatic carbocycles. The fourth-order valence-corrected chi connectivity index (χ4v) is 1.41. The van der Waals surface area contributed by atoms with Crippen molar-refractivity contribution in [1.82, 2.24) is 0 Å². The zero-order chi connectivity index (χ0) is 12.3. The Bertz CT molecular complexity index is 437. The van der Waals surface area contributed by atoms with Crippen LogP contribution in [0.2, 0.25) is 10.0 Å². The van der Waals surface area contributed by atoms with Gasteiger partial charge in [-0.2, -0.15) is 0 Å². The maximum atomic E-state index is 11.6. The van der Waals surface area contributed by atoms with Gasteiger partial charge >= 0.3 is 0 Å². The lowest BCUT2D eigenvalue weighted by molar-refractivity contribution is -0.117. The molecule has 0 heterocycles.